The smallest absolute Gasteiger partial charge is 0.162 e. The molecule has 2 unspecified atom stereocenters. The molecule has 0 spiro atoms. The number of ether oxygens (including phenoxy) is 3. The van der Waals surface area contributed by atoms with E-state index in [1.54, 1.807) is 7.11 Å². The number of hydrogen-bond donors (Lipinski definition) is 1. The largest absolute Gasteiger partial charge is 0.380 e. The molecule has 0 aromatic rings. The van der Waals surface area contributed by atoms with E-state index in [9.17, 15) is 0 Å². The molecule has 0 aromatic heterocycles. The summed E-state index contributed by atoms with van der Waals surface area (Å²) in [4.78, 5) is 0. The highest BCUT2D eigenvalue weighted by Gasteiger charge is 2.33. The minimum absolute atomic E-state index is 0.300. The fraction of sp³-hybridized carbons (Fsp3) is 1.00. The molecule has 94 valence electrons. The summed E-state index contributed by atoms with van der Waals surface area (Å²) in [5.41, 5.74) is 0. The topological polar surface area (TPSA) is 39.7 Å². The zero-order valence-corrected chi connectivity index (χ0v) is 10.5. The number of methoxy groups -OCH3 is 1. The summed E-state index contributed by atoms with van der Waals surface area (Å²) >= 11 is 0. The molecule has 16 heavy (non-hydrogen) atoms. The molecule has 2 fully saturated rings. The van der Waals surface area contributed by atoms with Crippen LogP contribution in [0.1, 0.15) is 33.1 Å². The van der Waals surface area contributed by atoms with Crippen LogP contribution in [-0.4, -0.2) is 44.3 Å². The Kier molecular flexibility index (Phi) is 3.85. The van der Waals surface area contributed by atoms with Crippen molar-refractivity contribution in [2.24, 2.45) is 0 Å². The monoisotopic (exact) mass is 229 g/mol. The van der Waals surface area contributed by atoms with Crippen molar-refractivity contribution in [2.45, 2.75) is 57.1 Å². The summed E-state index contributed by atoms with van der Waals surface area (Å²) < 4.78 is 16.7. The molecule has 4 heteroatoms. The van der Waals surface area contributed by atoms with Crippen molar-refractivity contribution in [3.8, 4) is 0 Å². The maximum atomic E-state index is 5.63. The molecular weight excluding hydrogens is 206 g/mol. The van der Waals surface area contributed by atoms with Crippen molar-refractivity contribution in [1.29, 1.82) is 0 Å². The van der Waals surface area contributed by atoms with Gasteiger partial charge in [0.15, 0.2) is 5.79 Å². The highest BCUT2D eigenvalue weighted by Crippen LogP contribution is 2.23. The van der Waals surface area contributed by atoms with Crippen LogP contribution in [0.25, 0.3) is 0 Å². The summed E-state index contributed by atoms with van der Waals surface area (Å²) in [6.45, 7) is 5.35. The van der Waals surface area contributed by atoms with Crippen LogP contribution in [0.2, 0.25) is 0 Å². The summed E-state index contributed by atoms with van der Waals surface area (Å²) in [6.07, 6.45) is 3.96. The molecule has 0 radical (unpaired) electrons. The average molecular weight is 229 g/mol. The third kappa shape index (κ3) is 2.94. The van der Waals surface area contributed by atoms with Crippen LogP contribution < -0.4 is 5.32 Å². The van der Waals surface area contributed by atoms with Crippen LogP contribution in [0, 0.1) is 0 Å². The molecule has 2 aliphatic rings. The molecule has 0 bridgehead atoms. The Balaban J connectivity index is 1.78. The Bertz CT molecular complexity index is 222. The van der Waals surface area contributed by atoms with Gasteiger partial charge in [-0.3, -0.25) is 0 Å². The Labute approximate surface area is 97.6 Å². The first-order valence-electron chi connectivity index (χ1n) is 6.17. The van der Waals surface area contributed by atoms with Crippen molar-refractivity contribution in [3.05, 3.63) is 0 Å². The van der Waals surface area contributed by atoms with Gasteiger partial charge in [-0.25, -0.2) is 0 Å². The van der Waals surface area contributed by atoms with Crippen LogP contribution in [-0.2, 0) is 14.2 Å². The van der Waals surface area contributed by atoms with Gasteiger partial charge in [0, 0.05) is 13.2 Å². The lowest BCUT2D eigenvalue weighted by Crippen LogP contribution is -2.53. The average Bonchev–Trinajstić information content (AvgIpc) is 2.68. The fourth-order valence-corrected chi connectivity index (χ4v) is 2.49. The predicted molar refractivity (Wildman–Crippen MR) is 61.3 cm³/mol. The van der Waals surface area contributed by atoms with Crippen LogP contribution in [0.4, 0.5) is 0 Å². The van der Waals surface area contributed by atoms with Crippen LogP contribution in [0.3, 0.4) is 0 Å². The van der Waals surface area contributed by atoms with Crippen molar-refractivity contribution < 1.29 is 14.2 Å². The van der Waals surface area contributed by atoms with E-state index < -0.39 is 5.79 Å². The first-order chi connectivity index (χ1) is 7.61. The quantitative estimate of drug-likeness (QED) is 0.791. The lowest BCUT2D eigenvalue weighted by atomic mass is 10.1. The lowest BCUT2D eigenvalue weighted by Gasteiger charge is -2.37. The van der Waals surface area contributed by atoms with Crippen LogP contribution >= 0.6 is 0 Å². The van der Waals surface area contributed by atoms with Crippen LogP contribution in [0.5, 0.6) is 0 Å². The number of nitrogens with one attached hydrogen (secondary N) is 1. The summed E-state index contributed by atoms with van der Waals surface area (Å²) in [6, 6.07) is 0.761. The van der Waals surface area contributed by atoms with E-state index in [2.05, 4.69) is 5.32 Å². The molecule has 1 N–H and O–H groups in total. The highest BCUT2D eigenvalue weighted by molar-refractivity contribution is 4.87. The van der Waals surface area contributed by atoms with Gasteiger partial charge in [0.25, 0.3) is 0 Å². The summed E-state index contributed by atoms with van der Waals surface area (Å²) in [5.74, 6) is -0.422. The highest BCUT2D eigenvalue weighted by atomic mass is 16.7. The second-order valence-electron chi connectivity index (χ2n) is 5.20. The van der Waals surface area contributed by atoms with Gasteiger partial charge >= 0.3 is 0 Å². The normalized spacial score (nSPS) is 35.4. The first kappa shape index (κ1) is 12.3. The Morgan fingerprint density at radius 3 is 2.50 bits per heavy atom. The molecule has 1 aliphatic carbocycles. The minimum Gasteiger partial charge on any atom is -0.380 e. The lowest BCUT2D eigenvalue weighted by molar-refractivity contribution is -0.253. The number of rotatable bonds is 3. The van der Waals surface area contributed by atoms with Crippen molar-refractivity contribution in [1.82, 2.24) is 5.32 Å². The zero-order valence-electron chi connectivity index (χ0n) is 10.5. The third-order valence-electron chi connectivity index (χ3n) is 3.47. The van der Waals surface area contributed by atoms with Gasteiger partial charge in [-0.1, -0.05) is 0 Å². The van der Waals surface area contributed by atoms with E-state index in [1.807, 2.05) is 13.8 Å². The molecule has 1 aliphatic heterocycles. The van der Waals surface area contributed by atoms with E-state index in [4.69, 9.17) is 14.2 Å². The molecule has 2 atom stereocenters. The van der Waals surface area contributed by atoms with Gasteiger partial charge in [0.1, 0.15) is 0 Å². The SMILES string of the molecule is COC1CCCC1NC1COC(C)(C)OC1. The summed E-state index contributed by atoms with van der Waals surface area (Å²) in [7, 11) is 1.79. The Hall–Kier alpha value is -0.160. The van der Waals surface area contributed by atoms with Gasteiger partial charge in [-0.15, -0.1) is 0 Å². The molecule has 1 saturated heterocycles. The van der Waals surface area contributed by atoms with E-state index in [-0.39, 0.29) is 0 Å². The van der Waals surface area contributed by atoms with E-state index in [1.165, 1.54) is 12.8 Å². The Morgan fingerprint density at radius 2 is 1.88 bits per heavy atom. The number of hydrogen-bond acceptors (Lipinski definition) is 4. The van der Waals surface area contributed by atoms with Gasteiger partial charge in [0.05, 0.1) is 25.4 Å². The summed E-state index contributed by atoms with van der Waals surface area (Å²) in [5, 5.41) is 3.58. The minimum atomic E-state index is -0.422. The maximum Gasteiger partial charge on any atom is 0.162 e. The van der Waals surface area contributed by atoms with E-state index in [0.717, 1.165) is 19.6 Å². The second-order valence-corrected chi connectivity index (χ2v) is 5.20. The first-order valence-corrected chi connectivity index (χ1v) is 6.17. The fourth-order valence-electron chi connectivity index (χ4n) is 2.49. The van der Waals surface area contributed by atoms with Gasteiger partial charge in [-0.2, -0.15) is 0 Å². The second kappa shape index (κ2) is 5.00. The zero-order chi connectivity index (χ0) is 11.6. The predicted octanol–water partition coefficient (Wildman–Crippen LogP) is 1.29. The van der Waals surface area contributed by atoms with E-state index >= 15 is 0 Å². The van der Waals surface area contributed by atoms with E-state index in [0.29, 0.717) is 18.2 Å². The molecular formula is C12H23NO3. The molecule has 0 amide bonds. The van der Waals surface area contributed by atoms with Crippen LogP contribution in [0.15, 0.2) is 0 Å². The molecule has 2 rings (SSSR count). The van der Waals surface area contributed by atoms with Gasteiger partial charge in [-0.05, 0) is 33.1 Å². The Morgan fingerprint density at radius 1 is 1.19 bits per heavy atom. The van der Waals surface area contributed by atoms with Crippen molar-refractivity contribution >= 4 is 0 Å². The molecule has 0 aromatic carbocycles. The van der Waals surface area contributed by atoms with Gasteiger partial charge in [0.2, 0.25) is 0 Å². The standard InChI is InChI=1S/C12H23NO3/c1-12(2)15-7-9(8-16-12)13-10-5-4-6-11(10)14-3/h9-11,13H,4-8H2,1-3H3. The van der Waals surface area contributed by atoms with Crippen molar-refractivity contribution in [2.75, 3.05) is 20.3 Å². The van der Waals surface area contributed by atoms with Crippen molar-refractivity contribution in [3.63, 3.8) is 0 Å². The van der Waals surface area contributed by atoms with Gasteiger partial charge < -0.3 is 19.5 Å². The third-order valence-corrected chi connectivity index (χ3v) is 3.47. The maximum absolute atomic E-state index is 5.63. The molecule has 1 heterocycles. The molecule has 1 saturated carbocycles. The molecule has 4 nitrogen and oxygen atoms in total.